The molecule has 2 fully saturated rings. The number of carboxylic acids is 1. The zero-order valence-corrected chi connectivity index (χ0v) is 29.5. The van der Waals surface area contributed by atoms with Crippen LogP contribution in [-0.4, -0.2) is 133 Å². The van der Waals surface area contributed by atoms with E-state index in [-0.39, 0.29) is 46.9 Å². The Hall–Kier alpha value is -5.22. The van der Waals surface area contributed by atoms with Gasteiger partial charge < -0.3 is 35.7 Å². The van der Waals surface area contributed by atoms with E-state index in [2.05, 4.69) is 40.5 Å². The number of rotatable bonds is 14. The first-order chi connectivity index (χ1) is 24.7. The van der Waals surface area contributed by atoms with Gasteiger partial charge in [-0.3, -0.25) is 19.3 Å². The van der Waals surface area contributed by atoms with Crippen LogP contribution in [0.1, 0.15) is 55.1 Å². The average molecular weight is 761 g/mol. The smallest absolute Gasteiger partial charge is 0.350 e. The Kier molecular flexibility index (Phi) is 10.1. The number of Topliss-reactive ketones (excluding diaryl/α,β-unsaturated/α-hetero) is 1. The van der Waals surface area contributed by atoms with Crippen molar-refractivity contribution in [3.05, 3.63) is 40.7 Å². The summed E-state index contributed by atoms with van der Waals surface area (Å²) in [5.74, 6) is -5.93. The number of likely N-dealkylation sites (tertiary alicyclic amines) is 1. The van der Waals surface area contributed by atoms with Crippen LogP contribution >= 0.6 is 23.3 Å². The molecule has 2 amide bonds. The number of ketones is 1. The molecule has 3 aliphatic rings. The number of carbonyl (C=O) groups excluding carboxylic acids is 3. The third kappa shape index (κ3) is 7.25. The maximum atomic E-state index is 13.9. The zero-order chi connectivity index (χ0) is 37.4. The number of carboxylic acid groups (broad SMARTS) is 1. The predicted octanol–water partition coefficient (Wildman–Crippen LogP) is 0.710. The van der Waals surface area contributed by atoms with Crippen LogP contribution in [0.25, 0.3) is 5.70 Å². The number of tetrazole rings is 1. The largest absolute Gasteiger partial charge is 0.504 e. The number of nitrogens with zero attached hydrogens (tertiary/aromatic N) is 8. The molecule has 22 heteroatoms. The molecule has 0 unspecified atom stereocenters. The number of nitrogen functional groups attached to an aromatic ring is 1. The highest BCUT2D eigenvalue weighted by Gasteiger charge is 2.54. The number of fused-ring (bicyclic) bond motifs is 1. The molecule has 2 saturated heterocycles. The number of β-lactam (4-membered cyclic amide) rings is 1. The first-order valence-corrected chi connectivity index (χ1v) is 17.9. The predicted molar refractivity (Wildman–Crippen MR) is 182 cm³/mol. The molecule has 0 saturated carbocycles. The summed E-state index contributed by atoms with van der Waals surface area (Å²) in [4.78, 5) is 62.6. The molecule has 0 bridgehead atoms. The molecular formula is C30H35FN11O8S2+. The number of hydrogen-bond acceptors (Lipinski definition) is 16. The van der Waals surface area contributed by atoms with Crippen molar-refractivity contribution in [3.63, 3.8) is 0 Å². The van der Waals surface area contributed by atoms with Crippen molar-refractivity contribution in [2.45, 2.75) is 44.1 Å². The summed E-state index contributed by atoms with van der Waals surface area (Å²) in [5.41, 5.74) is 4.83. The van der Waals surface area contributed by atoms with Crippen LogP contribution in [0, 0.1) is 11.7 Å². The number of oxime groups is 1. The maximum Gasteiger partial charge on any atom is 0.350 e. The van der Waals surface area contributed by atoms with Gasteiger partial charge >= 0.3 is 5.97 Å². The molecule has 7 N–H and O–H groups in total. The number of halogens is 1. The van der Waals surface area contributed by atoms with Gasteiger partial charge in [-0.1, -0.05) is 5.16 Å². The molecule has 19 nitrogen and oxygen atoms in total. The summed E-state index contributed by atoms with van der Waals surface area (Å²) in [5, 5.41) is 49.3. The van der Waals surface area contributed by atoms with Gasteiger partial charge in [-0.15, -0.1) is 22.0 Å². The van der Waals surface area contributed by atoms with Crippen LogP contribution < -0.4 is 11.1 Å². The molecule has 3 aliphatic heterocycles. The molecule has 0 aliphatic carbocycles. The fraction of sp³-hybridized carbons (Fsp3) is 0.467. The number of anilines is 1. The van der Waals surface area contributed by atoms with E-state index in [1.807, 2.05) is 0 Å². The third-order valence-electron chi connectivity index (χ3n) is 9.14. The zero-order valence-electron chi connectivity index (χ0n) is 27.9. The van der Waals surface area contributed by atoms with Crippen molar-refractivity contribution in [2.24, 2.45) is 11.1 Å². The number of nitrogens with one attached hydrogen (secondary N) is 2. The number of aromatic nitrogens is 6. The van der Waals surface area contributed by atoms with Crippen LogP contribution in [-0.2, 0) is 19.2 Å². The first kappa shape index (κ1) is 36.6. The van der Waals surface area contributed by atoms with Gasteiger partial charge in [0.2, 0.25) is 23.2 Å². The van der Waals surface area contributed by atoms with E-state index in [0.29, 0.717) is 29.0 Å². The first-order valence-electron chi connectivity index (χ1n) is 16.1. The normalized spacial score (nSPS) is 20.0. The number of quaternary nitrogens is 1. The van der Waals surface area contributed by atoms with E-state index in [9.17, 15) is 38.9 Å². The minimum atomic E-state index is -1.77. The highest BCUT2D eigenvalue weighted by Crippen LogP contribution is 2.48. The molecule has 1 aromatic carbocycles. The molecule has 6 rings (SSSR count). The van der Waals surface area contributed by atoms with Crippen molar-refractivity contribution in [3.8, 4) is 11.5 Å². The molecule has 2 aromatic heterocycles. The van der Waals surface area contributed by atoms with E-state index in [1.54, 1.807) is 4.90 Å². The molecule has 2 atom stereocenters. The SMILES string of the molecule is CC(C)(O/N=C(\C(=O)C[C@@H]1C(=O)N2C(c3nn[nH]n3)=C(C[N+]3(CCNC(=O)c4cc(O)c(O)c(F)c4)CCCC3)CS[C@H]12)c1nsc(N)n1)C(=O)O. The lowest BCUT2D eigenvalue weighted by molar-refractivity contribution is -0.911. The van der Waals surface area contributed by atoms with Gasteiger partial charge in [-0.2, -0.15) is 14.6 Å². The standard InChI is InChI=1S/C30H34FN11O8S2/c1-30(2,28(48)49)50-37-20(23-34-29(32)52-38-23)18(43)11-16-26(47)41-21(24-35-39-40-36-24)15(13-51-27(16)41)12-42(6-3-4-7-42)8-5-33-25(46)14-9-17(31)22(45)19(44)10-14/h9-10,16,27H,3-8,11-13H2,1-2H3,(H6-,32,33,34,35,36,37,38,39,40,43,44,45,46,48,49)/p+1/t16-,27-/m1/s1. The van der Waals surface area contributed by atoms with Gasteiger partial charge in [0.25, 0.3) is 5.91 Å². The Bertz CT molecular complexity index is 1940. The van der Waals surface area contributed by atoms with E-state index in [4.69, 9.17) is 10.6 Å². The average Bonchev–Trinajstić information content (AvgIpc) is 3.89. The molecule has 276 valence electrons. The molecular weight excluding hydrogens is 726 g/mol. The number of carbonyl (C=O) groups is 4. The molecule has 0 radical (unpaired) electrons. The summed E-state index contributed by atoms with van der Waals surface area (Å²) < 4.78 is 18.5. The number of aromatic hydroxyl groups is 2. The van der Waals surface area contributed by atoms with Crippen molar-refractivity contribution in [1.29, 1.82) is 0 Å². The number of aliphatic carboxylic acids is 1. The molecule has 5 heterocycles. The highest BCUT2D eigenvalue weighted by atomic mass is 32.2. The molecule has 52 heavy (non-hydrogen) atoms. The Morgan fingerprint density at radius 2 is 2.00 bits per heavy atom. The van der Waals surface area contributed by atoms with Crippen LogP contribution in [0.5, 0.6) is 11.5 Å². The van der Waals surface area contributed by atoms with Crippen LogP contribution in [0.15, 0.2) is 22.9 Å². The quantitative estimate of drug-likeness (QED) is 0.0434. The lowest BCUT2D eigenvalue weighted by atomic mass is 9.89. The minimum absolute atomic E-state index is 0.0537. The minimum Gasteiger partial charge on any atom is -0.504 e. The number of phenols is 2. The Labute approximate surface area is 302 Å². The second-order valence-electron chi connectivity index (χ2n) is 13.1. The lowest BCUT2D eigenvalue weighted by Gasteiger charge is -2.50. The van der Waals surface area contributed by atoms with Crippen LogP contribution in [0.4, 0.5) is 9.52 Å². The summed E-state index contributed by atoms with van der Waals surface area (Å²) in [6.07, 6.45) is 1.59. The number of nitrogens with two attached hydrogens (primary N) is 1. The number of H-pyrrole nitrogens is 1. The van der Waals surface area contributed by atoms with E-state index in [0.717, 1.165) is 55.2 Å². The lowest BCUT2D eigenvalue weighted by Crippen LogP contribution is -2.61. The van der Waals surface area contributed by atoms with Gasteiger partial charge in [0, 0.05) is 47.7 Å². The highest BCUT2D eigenvalue weighted by molar-refractivity contribution is 8.00. The van der Waals surface area contributed by atoms with Gasteiger partial charge in [0.1, 0.15) is 6.54 Å². The number of aromatic amines is 1. The van der Waals surface area contributed by atoms with E-state index >= 15 is 0 Å². The number of thioether (sulfide) groups is 1. The summed E-state index contributed by atoms with van der Waals surface area (Å²) in [7, 11) is 0. The third-order valence-corrected chi connectivity index (χ3v) is 11.1. The number of benzene rings is 1. The van der Waals surface area contributed by atoms with Crippen LogP contribution in [0.2, 0.25) is 0 Å². The van der Waals surface area contributed by atoms with Crippen molar-refractivity contribution in [2.75, 3.05) is 44.2 Å². The van der Waals surface area contributed by atoms with Gasteiger partial charge in [0.05, 0.1) is 43.2 Å². The fourth-order valence-electron chi connectivity index (χ4n) is 6.35. The van der Waals surface area contributed by atoms with Crippen molar-refractivity contribution >= 4 is 63.4 Å². The number of amides is 2. The number of hydrogen-bond donors (Lipinski definition) is 6. The second kappa shape index (κ2) is 14.4. The van der Waals surface area contributed by atoms with Crippen molar-refractivity contribution < 1.29 is 48.2 Å². The number of phenolic OH excluding ortho intramolecular Hbond substituents is 2. The second-order valence-corrected chi connectivity index (χ2v) is 15.0. The Morgan fingerprint density at radius 3 is 2.63 bits per heavy atom. The maximum absolute atomic E-state index is 13.9. The Balaban J connectivity index is 1.19. The molecule has 3 aromatic rings. The monoisotopic (exact) mass is 760 g/mol. The van der Waals surface area contributed by atoms with Gasteiger partial charge in [0.15, 0.2) is 33.9 Å². The van der Waals surface area contributed by atoms with Crippen LogP contribution in [0.3, 0.4) is 0 Å². The Morgan fingerprint density at radius 1 is 1.25 bits per heavy atom. The van der Waals surface area contributed by atoms with Crippen molar-refractivity contribution in [1.82, 2.24) is 40.2 Å². The summed E-state index contributed by atoms with van der Waals surface area (Å²) in [6, 6.07) is 1.84. The fourth-order valence-corrected chi connectivity index (χ4v) is 8.19. The molecule has 0 spiro atoms. The summed E-state index contributed by atoms with van der Waals surface area (Å²) >= 11 is 2.29. The summed E-state index contributed by atoms with van der Waals surface area (Å²) in [6.45, 7) is 5.36. The van der Waals surface area contributed by atoms with Gasteiger partial charge in [-0.25, -0.2) is 9.18 Å². The van der Waals surface area contributed by atoms with Gasteiger partial charge in [-0.05, 0) is 31.2 Å². The van der Waals surface area contributed by atoms with E-state index in [1.165, 1.54) is 25.6 Å². The van der Waals surface area contributed by atoms with E-state index < -0.39 is 51.9 Å². The topological polar surface area (TPSA) is 272 Å².